The Bertz CT molecular complexity index is 824. The number of nitrogens with one attached hydrogen (secondary N) is 2. The third-order valence-electron chi connectivity index (χ3n) is 4.08. The number of anilines is 1. The predicted molar refractivity (Wildman–Crippen MR) is 109 cm³/mol. The maximum absolute atomic E-state index is 12.2. The number of amidine groups is 1. The van der Waals surface area contributed by atoms with Gasteiger partial charge in [-0.2, -0.15) is 5.10 Å². The van der Waals surface area contributed by atoms with Crippen molar-refractivity contribution in [2.24, 2.45) is 15.6 Å². The van der Waals surface area contributed by atoms with E-state index in [4.69, 9.17) is 0 Å². The molecule has 2 N–H and O–H groups in total. The van der Waals surface area contributed by atoms with Gasteiger partial charge in [-0.25, -0.2) is 0 Å². The number of nitrogens with zero attached hydrogens (tertiary/aromatic N) is 2. The number of thioether (sulfide) groups is 1. The molecule has 1 aliphatic rings. The minimum atomic E-state index is -0.565. The first-order chi connectivity index (χ1) is 12.6. The first-order valence-electron chi connectivity index (χ1n) is 8.57. The molecule has 7 nitrogen and oxygen atoms in total. The Morgan fingerprint density at radius 3 is 2.59 bits per heavy atom. The van der Waals surface area contributed by atoms with Gasteiger partial charge in [-0.15, -0.1) is 5.10 Å². The third-order valence-corrected chi connectivity index (χ3v) is 5.15. The molecule has 2 rings (SSSR count). The molecular formula is C19H24N4O3S. The SMILES string of the molecule is CC(=O)c1cccc(NC(=O)C[C@@H]2S/C(=N/N=C(\C)C(C)(C)C)NC2=O)c1. The minimum Gasteiger partial charge on any atom is -0.326 e. The zero-order valence-electron chi connectivity index (χ0n) is 16.1. The van der Waals surface area contributed by atoms with E-state index in [0.29, 0.717) is 16.4 Å². The molecule has 0 radical (unpaired) electrons. The lowest BCUT2D eigenvalue weighted by atomic mass is 9.91. The summed E-state index contributed by atoms with van der Waals surface area (Å²) < 4.78 is 0. The van der Waals surface area contributed by atoms with Gasteiger partial charge in [-0.3, -0.25) is 14.4 Å². The maximum atomic E-state index is 12.2. The number of rotatable bonds is 5. The number of carbonyl (C=O) groups excluding carboxylic acids is 3. The largest absolute Gasteiger partial charge is 0.326 e. The van der Waals surface area contributed by atoms with Crippen LogP contribution in [0.25, 0.3) is 0 Å². The number of Topliss-reactive ketones (excluding diaryl/α,β-unsaturated/α-hetero) is 1. The molecule has 1 saturated heterocycles. The van der Waals surface area contributed by atoms with E-state index in [1.54, 1.807) is 24.3 Å². The van der Waals surface area contributed by atoms with Crippen molar-refractivity contribution in [1.82, 2.24) is 5.32 Å². The van der Waals surface area contributed by atoms with Gasteiger partial charge in [-0.05, 0) is 26.0 Å². The van der Waals surface area contributed by atoms with Crippen LogP contribution in [0.15, 0.2) is 34.5 Å². The fraction of sp³-hybridized carbons (Fsp3) is 0.421. The molecule has 1 aromatic rings. The highest BCUT2D eigenvalue weighted by atomic mass is 32.2. The maximum Gasteiger partial charge on any atom is 0.240 e. The van der Waals surface area contributed by atoms with Crippen molar-refractivity contribution in [3.05, 3.63) is 29.8 Å². The van der Waals surface area contributed by atoms with Gasteiger partial charge >= 0.3 is 0 Å². The van der Waals surface area contributed by atoms with Crippen molar-refractivity contribution in [2.75, 3.05) is 5.32 Å². The molecule has 0 aromatic heterocycles. The zero-order valence-corrected chi connectivity index (χ0v) is 16.9. The molecule has 1 atom stereocenters. The van der Waals surface area contributed by atoms with E-state index in [2.05, 4.69) is 20.8 Å². The summed E-state index contributed by atoms with van der Waals surface area (Å²) >= 11 is 1.19. The Balaban J connectivity index is 1.98. The molecule has 1 heterocycles. The Hall–Kier alpha value is -2.48. The highest BCUT2D eigenvalue weighted by Gasteiger charge is 2.32. The molecule has 0 unspecified atom stereocenters. The van der Waals surface area contributed by atoms with E-state index in [1.165, 1.54) is 18.7 Å². The van der Waals surface area contributed by atoms with Crippen LogP contribution >= 0.6 is 11.8 Å². The smallest absolute Gasteiger partial charge is 0.240 e. The van der Waals surface area contributed by atoms with E-state index >= 15 is 0 Å². The summed E-state index contributed by atoms with van der Waals surface area (Å²) in [5.41, 5.74) is 1.78. The van der Waals surface area contributed by atoms with Crippen LogP contribution in [0, 0.1) is 5.41 Å². The summed E-state index contributed by atoms with van der Waals surface area (Å²) in [4.78, 5) is 35.7. The predicted octanol–water partition coefficient (Wildman–Crippen LogP) is 3.23. The monoisotopic (exact) mass is 388 g/mol. The van der Waals surface area contributed by atoms with Crippen LogP contribution in [-0.4, -0.2) is 33.7 Å². The van der Waals surface area contributed by atoms with Crippen molar-refractivity contribution >= 4 is 45.9 Å². The van der Waals surface area contributed by atoms with E-state index in [0.717, 1.165) is 5.71 Å². The van der Waals surface area contributed by atoms with Gasteiger partial charge in [0.05, 0.1) is 0 Å². The van der Waals surface area contributed by atoms with Crippen LogP contribution in [0.4, 0.5) is 5.69 Å². The third kappa shape index (κ3) is 6.02. The molecule has 1 aromatic carbocycles. The fourth-order valence-electron chi connectivity index (χ4n) is 2.05. The lowest BCUT2D eigenvalue weighted by molar-refractivity contribution is -0.122. The number of benzene rings is 1. The van der Waals surface area contributed by atoms with Gasteiger partial charge in [0.2, 0.25) is 11.8 Å². The summed E-state index contributed by atoms with van der Waals surface area (Å²) in [6.07, 6.45) is 0.00177. The van der Waals surface area contributed by atoms with Crippen LogP contribution in [0.3, 0.4) is 0 Å². The lowest BCUT2D eigenvalue weighted by Crippen LogP contribution is -2.28. The molecule has 0 aliphatic carbocycles. The average Bonchev–Trinajstić information content (AvgIpc) is 2.91. The summed E-state index contributed by atoms with van der Waals surface area (Å²) in [6, 6.07) is 6.69. The summed E-state index contributed by atoms with van der Waals surface area (Å²) in [5, 5.41) is 13.4. The number of hydrogen-bond acceptors (Lipinski definition) is 6. The van der Waals surface area contributed by atoms with Crippen LogP contribution in [0.5, 0.6) is 0 Å². The average molecular weight is 388 g/mol. The van der Waals surface area contributed by atoms with Crippen LogP contribution in [-0.2, 0) is 9.59 Å². The topological polar surface area (TPSA) is 100.0 Å². The van der Waals surface area contributed by atoms with Gasteiger partial charge < -0.3 is 10.6 Å². The quantitative estimate of drug-likeness (QED) is 0.459. The van der Waals surface area contributed by atoms with Crippen molar-refractivity contribution in [1.29, 1.82) is 0 Å². The highest BCUT2D eigenvalue weighted by Crippen LogP contribution is 2.24. The Labute approximate surface area is 163 Å². The normalized spacial score (nSPS) is 19.1. The van der Waals surface area contributed by atoms with Gasteiger partial charge in [0, 0.05) is 28.8 Å². The molecule has 0 saturated carbocycles. The van der Waals surface area contributed by atoms with Crippen LogP contribution in [0.2, 0.25) is 0 Å². The summed E-state index contributed by atoms with van der Waals surface area (Å²) in [5.74, 6) is -0.655. The Kier molecular flexibility index (Phi) is 6.54. The van der Waals surface area contributed by atoms with Crippen LogP contribution < -0.4 is 10.6 Å². The number of ketones is 1. The molecule has 0 spiro atoms. The van der Waals surface area contributed by atoms with Crippen molar-refractivity contribution in [3.8, 4) is 0 Å². The van der Waals surface area contributed by atoms with E-state index in [9.17, 15) is 14.4 Å². The second-order valence-electron chi connectivity index (χ2n) is 7.33. The van der Waals surface area contributed by atoms with E-state index < -0.39 is 5.25 Å². The molecule has 1 fully saturated rings. The minimum absolute atomic E-state index is 0.00177. The van der Waals surface area contributed by atoms with E-state index in [-0.39, 0.29) is 29.4 Å². The standard InChI is InChI=1S/C19H24N4O3S/c1-11(24)13-7-6-8-14(9-13)20-16(25)10-15-17(26)21-18(27-15)23-22-12(2)19(3,4)5/h6-9,15H,10H2,1-5H3,(H,20,25)(H,21,23,26)/b22-12+/t15-/m0/s1. The summed E-state index contributed by atoms with van der Waals surface area (Å²) in [6.45, 7) is 9.43. The molecule has 0 bridgehead atoms. The van der Waals surface area contributed by atoms with Gasteiger partial charge in [0.25, 0.3) is 0 Å². The number of carbonyl (C=O) groups is 3. The molecule has 1 aliphatic heterocycles. The zero-order chi connectivity index (χ0) is 20.2. The molecule has 144 valence electrons. The van der Waals surface area contributed by atoms with Gasteiger partial charge in [0.1, 0.15) is 5.25 Å². The lowest BCUT2D eigenvalue weighted by Gasteiger charge is -2.16. The van der Waals surface area contributed by atoms with Crippen molar-refractivity contribution < 1.29 is 14.4 Å². The number of amides is 2. The first-order valence-corrected chi connectivity index (χ1v) is 9.45. The molecule has 8 heteroatoms. The second-order valence-corrected chi connectivity index (χ2v) is 8.52. The van der Waals surface area contributed by atoms with Crippen molar-refractivity contribution in [2.45, 2.75) is 46.3 Å². The van der Waals surface area contributed by atoms with Gasteiger partial charge in [-0.1, -0.05) is 44.7 Å². The first kappa shape index (κ1) is 20.8. The highest BCUT2D eigenvalue weighted by molar-refractivity contribution is 8.15. The molecule has 2 amide bonds. The Morgan fingerprint density at radius 1 is 1.26 bits per heavy atom. The molecule has 27 heavy (non-hydrogen) atoms. The van der Waals surface area contributed by atoms with E-state index in [1.807, 2.05) is 27.7 Å². The summed E-state index contributed by atoms with van der Waals surface area (Å²) in [7, 11) is 0. The van der Waals surface area contributed by atoms with Crippen LogP contribution in [0.1, 0.15) is 51.4 Å². The fourth-order valence-corrected chi connectivity index (χ4v) is 2.97. The van der Waals surface area contributed by atoms with Gasteiger partial charge in [0.15, 0.2) is 11.0 Å². The molecular weight excluding hydrogens is 364 g/mol. The Morgan fingerprint density at radius 2 is 1.96 bits per heavy atom. The van der Waals surface area contributed by atoms with Crippen molar-refractivity contribution in [3.63, 3.8) is 0 Å². The second kappa shape index (κ2) is 8.47. The number of hydrogen-bond donors (Lipinski definition) is 2.